The van der Waals surface area contributed by atoms with Crippen molar-refractivity contribution in [3.05, 3.63) is 0 Å². The van der Waals surface area contributed by atoms with E-state index in [1.54, 1.807) is 0 Å². The van der Waals surface area contributed by atoms with Crippen LogP contribution in [0.1, 0.15) is 245 Å². The summed E-state index contributed by atoms with van der Waals surface area (Å²) in [6.45, 7) is 5.06. The van der Waals surface area contributed by atoms with Gasteiger partial charge in [0.25, 0.3) is 0 Å². The van der Waals surface area contributed by atoms with E-state index in [0.717, 1.165) is 32.1 Å². The van der Waals surface area contributed by atoms with E-state index in [2.05, 4.69) is 19.2 Å². The van der Waals surface area contributed by atoms with Crippen LogP contribution in [-0.4, -0.2) is 23.5 Å². The quantitative estimate of drug-likeness (QED) is 0.0651. The minimum absolute atomic E-state index is 0.0904. The number of aliphatic carboxylic acids is 1. The van der Waals surface area contributed by atoms with Crippen molar-refractivity contribution in [2.24, 2.45) is 5.92 Å². The third-order valence-corrected chi connectivity index (χ3v) is 10.1. The smallest absolute Gasteiger partial charge is 0.306 e. The minimum Gasteiger partial charge on any atom is -0.481 e. The molecule has 0 aromatic heterocycles. The molecule has 1 unspecified atom stereocenters. The second-order valence-corrected chi connectivity index (χ2v) is 14.7. The van der Waals surface area contributed by atoms with Crippen molar-refractivity contribution in [2.45, 2.75) is 245 Å². The van der Waals surface area contributed by atoms with E-state index in [1.807, 2.05) is 0 Å². The fourth-order valence-corrected chi connectivity index (χ4v) is 6.81. The van der Waals surface area contributed by atoms with Crippen molar-refractivity contribution in [2.75, 3.05) is 6.54 Å². The summed E-state index contributed by atoms with van der Waals surface area (Å²) in [5, 5.41) is 12.6. The first-order valence-electron chi connectivity index (χ1n) is 21.1. The normalized spacial score (nSPS) is 12.0. The Kier molecular flexibility index (Phi) is 37.5. The predicted octanol–water partition coefficient (Wildman–Crippen LogP) is 13.9. The number of nitrogens with one attached hydrogen (secondary N) is 1. The van der Waals surface area contributed by atoms with E-state index in [-0.39, 0.29) is 11.8 Å². The summed E-state index contributed by atoms with van der Waals surface area (Å²) in [6, 6.07) is 0. The van der Waals surface area contributed by atoms with Crippen molar-refractivity contribution in [3.63, 3.8) is 0 Å². The fraction of sp³-hybridized carbons (Fsp3) is 0.952. The molecule has 0 heterocycles. The average molecular weight is 650 g/mol. The van der Waals surface area contributed by atoms with Crippen LogP contribution in [0.4, 0.5) is 0 Å². The maximum absolute atomic E-state index is 12.2. The molecule has 0 bridgehead atoms. The van der Waals surface area contributed by atoms with Crippen LogP contribution in [0.2, 0.25) is 0 Å². The van der Waals surface area contributed by atoms with Crippen LogP contribution in [0, 0.1) is 5.92 Å². The molecule has 1 atom stereocenters. The van der Waals surface area contributed by atoms with Crippen LogP contribution < -0.4 is 5.32 Å². The van der Waals surface area contributed by atoms with Gasteiger partial charge in [0, 0.05) is 13.0 Å². The SMILES string of the molecule is CCCCCCCCCCCCCCCCCCCCCC(=O)NCCC(CCCCCCCCCCCCCCCC)C(=O)O. The minimum atomic E-state index is -0.706. The molecule has 0 aliphatic carbocycles. The van der Waals surface area contributed by atoms with E-state index in [4.69, 9.17) is 0 Å². The summed E-state index contributed by atoms with van der Waals surface area (Å²) in [5.41, 5.74) is 0. The number of rotatable bonds is 39. The molecule has 0 rings (SSSR count). The number of carbonyl (C=O) groups is 2. The van der Waals surface area contributed by atoms with Gasteiger partial charge < -0.3 is 10.4 Å². The Hall–Kier alpha value is -1.06. The van der Waals surface area contributed by atoms with Gasteiger partial charge in [0.2, 0.25) is 5.91 Å². The lowest BCUT2D eigenvalue weighted by Crippen LogP contribution is -2.27. The monoisotopic (exact) mass is 650 g/mol. The number of carbonyl (C=O) groups excluding carboxylic acids is 1. The zero-order chi connectivity index (χ0) is 33.6. The van der Waals surface area contributed by atoms with Gasteiger partial charge >= 0.3 is 5.97 Å². The van der Waals surface area contributed by atoms with E-state index in [0.29, 0.717) is 19.4 Å². The first kappa shape index (κ1) is 44.9. The van der Waals surface area contributed by atoms with Crippen LogP contribution in [-0.2, 0) is 9.59 Å². The van der Waals surface area contributed by atoms with Crippen molar-refractivity contribution in [1.82, 2.24) is 5.32 Å². The molecule has 0 saturated carbocycles. The maximum atomic E-state index is 12.2. The molecular weight excluding hydrogens is 566 g/mol. The Balaban J connectivity index is 3.45. The summed E-state index contributed by atoms with van der Waals surface area (Å²) in [7, 11) is 0. The Morgan fingerprint density at radius 3 is 1.00 bits per heavy atom. The molecule has 1 amide bonds. The van der Waals surface area contributed by atoms with Gasteiger partial charge in [0.1, 0.15) is 0 Å². The van der Waals surface area contributed by atoms with E-state index < -0.39 is 5.97 Å². The number of carboxylic acids is 1. The summed E-state index contributed by atoms with van der Waals surface area (Å²) < 4.78 is 0. The number of hydrogen-bond acceptors (Lipinski definition) is 2. The van der Waals surface area contributed by atoms with Gasteiger partial charge in [-0.25, -0.2) is 0 Å². The summed E-state index contributed by atoms with van der Waals surface area (Å²) in [5.74, 6) is -0.942. The highest BCUT2D eigenvalue weighted by Crippen LogP contribution is 2.18. The third kappa shape index (κ3) is 35.8. The van der Waals surface area contributed by atoms with Crippen LogP contribution in [0.3, 0.4) is 0 Å². The topological polar surface area (TPSA) is 66.4 Å². The summed E-state index contributed by atoms with van der Waals surface area (Å²) >= 11 is 0. The van der Waals surface area contributed by atoms with Gasteiger partial charge in [-0.05, 0) is 19.3 Å². The highest BCUT2D eigenvalue weighted by molar-refractivity contribution is 5.76. The Morgan fingerprint density at radius 1 is 0.413 bits per heavy atom. The highest BCUT2D eigenvalue weighted by Gasteiger charge is 2.17. The highest BCUT2D eigenvalue weighted by atomic mass is 16.4. The molecular formula is C42H83NO3. The van der Waals surface area contributed by atoms with Gasteiger partial charge in [-0.15, -0.1) is 0 Å². The first-order valence-corrected chi connectivity index (χ1v) is 21.1. The summed E-state index contributed by atoms with van der Waals surface area (Å²) in [6.07, 6.45) is 46.1. The molecule has 0 aromatic rings. The number of hydrogen-bond donors (Lipinski definition) is 2. The predicted molar refractivity (Wildman–Crippen MR) is 202 cm³/mol. The maximum Gasteiger partial charge on any atom is 0.306 e. The van der Waals surface area contributed by atoms with E-state index >= 15 is 0 Å². The molecule has 0 saturated heterocycles. The molecule has 0 aliphatic rings. The van der Waals surface area contributed by atoms with Crippen molar-refractivity contribution in [1.29, 1.82) is 0 Å². The summed E-state index contributed by atoms with van der Waals surface area (Å²) in [4.78, 5) is 23.9. The molecule has 2 N–H and O–H groups in total. The van der Waals surface area contributed by atoms with E-state index in [9.17, 15) is 14.7 Å². The molecule has 4 heteroatoms. The van der Waals surface area contributed by atoms with Crippen LogP contribution in [0.15, 0.2) is 0 Å². The molecule has 274 valence electrons. The Bertz CT molecular complexity index is 622. The molecule has 4 nitrogen and oxygen atoms in total. The number of unbranched alkanes of at least 4 members (excludes halogenated alkanes) is 31. The molecule has 0 spiro atoms. The Morgan fingerprint density at radius 2 is 0.696 bits per heavy atom. The molecule has 0 radical (unpaired) electrons. The molecule has 0 aromatic carbocycles. The average Bonchev–Trinajstić information content (AvgIpc) is 3.05. The molecule has 46 heavy (non-hydrogen) atoms. The van der Waals surface area contributed by atoms with Crippen molar-refractivity contribution >= 4 is 11.9 Å². The Labute approximate surface area is 288 Å². The second-order valence-electron chi connectivity index (χ2n) is 14.7. The molecule has 0 aliphatic heterocycles. The fourth-order valence-electron chi connectivity index (χ4n) is 6.81. The van der Waals surface area contributed by atoms with Gasteiger partial charge in [0.05, 0.1) is 5.92 Å². The van der Waals surface area contributed by atoms with E-state index in [1.165, 1.54) is 186 Å². The lowest BCUT2D eigenvalue weighted by molar-refractivity contribution is -0.142. The largest absolute Gasteiger partial charge is 0.481 e. The van der Waals surface area contributed by atoms with Crippen molar-refractivity contribution in [3.8, 4) is 0 Å². The second kappa shape index (κ2) is 38.4. The lowest BCUT2D eigenvalue weighted by atomic mass is 9.97. The van der Waals surface area contributed by atoms with Crippen LogP contribution in [0.25, 0.3) is 0 Å². The standard InChI is InChI=1S/C42H83NO3/c1-3-5-7-9-11-13-15-17-19-20-21-22-23-25-27-29-31-33-35-37-41(44)43-39-38-40(42(45)46)36-34-32-30-28-26-24-18-16-14-12-10-8-6-4-2/h40H,3-39H2,1-2H3,(H,43,44)(H,45,46). The van der Waals surface area contributed by atoms with Crippen LogP contribution >= 0.6 is 0 Å². The first-order chi connectivity index (χ1) is 22.6. The molecule has 0 fully saturated rings. The van der Waals surface area contributed by atoms with Crippen molar-refractivity contribution < 1.29 is 14.7 Å². The van der Waals surface area contributed by atoms with Crippen LogP contribution in [0.5, 0.6) is 0 Å². The zero-order valence-electron chi connectivity index (χ0n) is 31.5. The number of carboxylic acid groups (broad SMARTS) is 1. The zero-order valence-corrected chi connectivity index (χ0v) is 31.5. The van der Waals surface area contributed by atoms with Gasteiger partial charge in [-0.1, -0.05) is 219 Å². The van der Waals surface area contributed by atoms with Gasteiger partial charge in [0.15, 0.2) is 0 Å². The number of amides is 1. The lowest BCUT2D eigenvalue weighted by Gasteiger charge is -2.13. The van der Waals surface area contributed by atoms with Gasteiger partial charge in [-0.3, -0.25) is 9.59 Å². The third-order valence-electron chi connectivity index (χ3n) is 10.1. The van der Waals surface area contributed by atoms with Gasteiger partial charge in [-0.2, -0.15) is 0 Å².